The molecule has 1 fully saturated rings. The van der Waals surface area contributed by atoms with Crippen molar-refractivity contribution in [1.82, 2.24) is 24.4 Å². The molecule has 1 aliphatic heterocycles. The number of rotatable bonds is 6. The fraction of sp³-hybridized carbons (Fsp3) is 0.455. The first-order valence-corrected chi connectivity index (χ1v) is 10.6. The normalized spacial score (nSPS) is 15.3. The average Bonchev–Trinajstić information content (AvgIpc) is 3.30. The van der Waals surface area contributed by atoms with E-state index in [1.54, 1.807) is 9.36 Å². The molecule has 0 bridgehead atoms. The first-order chi connectivity index (χ1) is 14.9. The van der Waals surface area contributed by atoms with E-state index in [4.69, 9.17) is 4.52 Å². The van der Waals surface area contributed by atoms with Crippen LogP contribution in [0.2, 0.25) is 0 Å². The minimum Gasteiger partial charge on any atom is -0.339 e. The molecule has 0 saturated carbocycles. The Morgan fingerprint density at radius 1 is 1.19 bits per heavy atom. The maximum atomic E-state index is 12.9. The summed E-state index contributed by atoms with van der Waals surface area (Å²) in [6, 6.07) is 9.40. The van der Waals surface area contributed by atoms with Crippen molar-refractivity contribution in [3.8, 4) is 5.69 Å². The fourth-order valence-electron chi connectivity index (χ4n) is 4.06. The van der Waals surface area contributed by atoms with Gasteiger partial charge in [0.2, 0.25) is 11.8 Å². The number of benzene rings is 1. The smallest absolute Gasteiger partial charge is 0.295 e. The number of piperidine rings is 1. The Labute approximate surface area is 180 Å². The first-order valence-electron chi connectivity index (χ1n) is 10.6. The van der Waals surface area contributed by atoms with Crippen molar-refractivity contribution in [3.63, 3.8) is 0 Å². The molecule has 0 atom stereocenters. The van der Waals surface area contributed by atoms with Crippen LogP contribution in [0.25, 0.3) is 5.69 Å². The lowest BCUT2D eigenvalue weighted by Gasteiger charge is -2.29. The molecular weight excluding hydrogens is 396 g/mol. The predicted octanol–water partition coefficient (Wildman–Crippen LogP) is 2.38. The number of carbonyl (C=O) groups excluding carboxylic acids is 1. The molecule has 0 radical (unpaired) electrons. The number of carbonyl (C=O) groups is 1. The van der Waals surface area contributed by atoms with E-state index in [1.165, 1.54) is 0 Å². The van der Waals surface area contributed by atoms with Crippen molar-refractivity contribution >= 4 is 11.6 Å². The lowest BCUT2D eigenvalue weighted by molar-refractivity contribution is -0.116. The van der Waals surface area contributed by atoms with Crippen LogP contribution in [0.1, 0.15) is 42.6 Å². The Balaban J connectivity index is 1.33. The molecule has 4 rings (SSSR count). The lowest BCUT2D eigenvalue weighted by atomic mass is 9.96. The van der Waals surface area contributed by atoms with E-state index in [-0.39, 0.29) is 17.4 Å². The van der Waals surface area contributed by atoms with Crippen molar-refractivity contribution in [3.05, 3.63) is 58.1 Å². The summed E-state index contributed by atoms with van der Waals surface area (Å²) < 4.78 is 8.62. The molecule has 31 heavy (non-hydrogen) atoms. The van der Waals surface area contributed by atoms with Gasteiger partial charge in [0.25, 0.3) is 5.56 Å². The SMILES string of the molecule is Cc1noc(C2CCN(CCC(=O)Nc3c(C)n(C)n(-c4ccccc4)c3=O)CC2)n1. The number of nitrogens with zero attached hydrogens (tertiary/aromatic N) is 5. The Morgan fingerprint density at radius 3 is 2.55 bits per heavy atom. The van der Waals surface area contributed by atoms with Gasteiger partial charge in [-0.2, -0.15) is 4.98 Å². The summed E-state index contributed by atoms with van der Waals surface area (Å²) in [4.78, 5) is 32.1. The van der Waals surface area contributed by atoms with Crippen molar-refractivity contribution in [2.24, 2.45) is 7.05 Å². The van der Waals surface area contributed by atoms with Gasteiger partial charge in [-0.15, -0.1) is 0 Å². The fourth-order valence-corrected chi connectivity index (χ4v) is 4.06. The molecule has 1 saturated heterocycles. The van der Waals surface area contributed by atoms with Gasteiger partial charge in [0.15, 0.2) is 5.82 Å². The van der Waals surface area contributed by atoms with Crippen LogP contribution in [-0.4, -0.2) is 49.9 Å². The average molecular weight is 425 g/mol. The van der Waals surface area contributed by atoms with E-state index in [9.17, 15) is 9.59 Å². The molecule has 9 heteroatoms. The second-order valence-corrected chi connectivity index (χ2v) is 8.03. The van der Waals surface area contributed by atoms with Gasteiger partial charge in [-0.3, -0.25) is 14.3 Å². The van der Waals surface area contributed by atoms with E-state index in [2.05, 4.69) is 20.4 Å². The number of hydrogen-bond acceptors (Lipinski definition) is 6. The van der Waals surface area contributed by atoms with Gasteiger partial charge >= 0.3 is 0 Å². The summed E-state index contributed by atoms with van der Waals surface area (Å²) in [6.45, 7) is 6.07. The zero-order valence-electron chi connectivity index (χ0n) is 18.2. The van der Waals surface area contributed by atoms with Crippen LogP contribution in [-0.2, 0) is 11.8 Å². The number of hydrogen-bond donors (Lipinski definition) is 1. The van der Waals surface area contributed by atoms with Crippen LogP contribution < -0.4 is 10.9 Å². The molecule has 1 aromatic carbocycles. The zero-order valence-corrected chi connectivity index (χ0v) is 18.2. The molecule has 2 aromatic heterocycles. The molecule has 3 heterocycles. The first kappa shape index (κ1) is 21.0. The lowest BCUT2D eigenvalue weighted by Crippen LogP contribution is -2.35. The molecule has 9 nitrogen and oxygen atoms in total. The third-order valence-electron chi connectivity index (χ3n) is 5.95. The highest BCUT2D eigenvalue weighted by atomic mass is 16.5. The highest BCUT2D eigenvalue weighted by Crippen LogP contribution is 2.26. The Kier molecular flexibility index (Phi) is 6.03. The van der Waals surface area contributed by atoms with E-state index in [0.29, 0.717) is 30.4 Å². The third kappa shape index (κ3) is 4.46. The molecule has 1 N–H and O–H groups in total. The molecule has 0 unspecified atom stereocenters. The number of likely N-dealkylation sites (tertiary alicyclic amines) is 1. The standard InChI is InChI=1S/C22H28N6O3/c1-15-20(22(30)28(26(15)3)18-7-5-4-6-8-18)24-19(29)11-14-27-12-9-17(10-13-27)21-23-16(2)25-31-21/h4-8,17H,9-14H2,1-3H3,(H,24,29). The van der Waals surface area contributed by atoms with Crippen molar-refractivity contribution < 1.29 is 9.32 Å². The number of nitrogens with one attached hydrogen (secondary N) is 1. The van der Waals surface area contributed by atoms with Crippen LogP contribution in [0.5, 0.6) is 0 Å². The van der Waals surface area contributed by atoms with Gasteiger partial charge in [-0.25, -0.2) is 4.68 Å². The van der Waals surface area contributed by atoms with Crippen LogP contribution >= 0.6 is 0 Å². The summed E-state index contributed by atoms with van der Waals surface area (Å²) >= 11 is 0. The predicted molar refractivity (Wildman–Crippen MR) is 116 cm³/mol. The molecule has 3 aromatic rings. The summed E-state index contributed by atoms with van der Waals surface area (Å²) in [5, 5.41) is 6.70. The van der Waals surface area contributed by atoms with Crippen molar-refractivity contribution in [1.29, 1.82) is 0 Å². The highest BCUT2D eigenvalue weighted by molar-refractivity contribution is 5.91. The van der Waals surface area contributed by atoms with Gasteiger partial charge in [0, 0.05) is 25.9 Å². The zero-order chi connectivity index (χ0) is 22.0. The van der Waals surface area contributed by atoms with E-state index in [1.807, 2.05) is 51.2 Å². The monoisotopic (exact) mass is 424 g/mol. The van der Waals surface area contributed by atoms with E-state index < -0.39 is 0 Å². The molecule has 1 aliphatic rings. The van der Waals surface area contributed by atoms with Crippen LogP contribution in [0, 0.1) is 13.8 Å². The van der Waals surface area contributed by atoms with Crippen LogP contribution in [0.15, 0.2) is 39.6 Å². The number of para-hydroxylation sites is 1. The summed E-state index contributed by atoms with van der Waals surface area (Å²) in [6.07, 6.45) is 2.20. The number of amides is 1. The maximum absolute atomic E-state index is 12.9. The maximum Gasteiger partial charge on any atom is 0.295 e. The quantitative estimate of drug-likeness (QED) is 0.652. The van der Waals surface area contributed by atoms with Gasteiger partial charge < -0.3 is 14.7 Å². The summed E-state index contributed by atoms with van der Waals surface area (Å²) in [7, 11) is 1.81. The number of aryl methyl sites for hydroxylation is 1. The van der Waals surface area contributed by atoms with Crippen molar-refractivity contribution in [2.45, 2.75) is 39.0 Å². The number of anilines is 1. The van der Waals surface area contributed by atoms with Gasteiger partial charge in [0.05, 0.1) is 11.4 Å². The van der Waals surface area contributed by atoms with Gasteiger partial charge in [-0.1, -0.05) is 23.4 Å². The topological polar surface area (TPSA) is 98.2 Å². The molecular formula is C22H28N6O3. The Hall–Kier alpha value is -3.20. The minimum absolute atomic E-state index is 0.152. The summed E-state index contributed by atoms with van der Waals surface area (Å²) in [5.74, 6) is 1.51. The van der Waals surface area contributed by atoms with E-state index in [0.717, 1.165) is 37.3 Å². The minimum atomic E-state index is -0.227. The molecule has 0 spiro atoms. The molecule has 1 amide bonds. The summed E-state index contributed by atoms with van der Waals surface area (Å²) in [5.41, 5.74) is 1.59. The molecule has 0 aliphatic carbocycles. The van der Waals surface area contributed by atoms with Gasteiger partial charge in [0.1, 0.15) is 5.69 Å². The second-order valence-electron chi connectivity index (χ2n) is 8.03. The number of aromatic nitrogens is 4. The third-order valence-corrected chi connectivity index (χ3v) is 5.95. The van der Waals surface area contributed by atoms with E-state index >= 15 is 0 Å². The second kappa shape index (κ2) is 8.89. The van der Waals surface area contributed by atoms with Crippen molar-refractivity contribution in [2.75, 3.05) is 25.0 Å². The van der Waals surface area contributed by atoms with Crippen LogP contribution in [0.3, 0.4) is 0 Å². The Morgan fingerprint density at radius 2 is 1.90 bits per heavy atom. The largest absolute Gasteiger partial charge is 0.339 e. The highest BCUT2D eigenvalue weighted by Gasteiger charge is 2.25. The van der Waals surface area contributed by atoms with Crippen LogP contribution in [0.4, 0.5) is 5.69 Å². The molecule has 164 valence electrons. The Bertz CT molecular complexity index is 1110. The van der Waals surface area contributed by atoms with Gasteiger partial charge in [-0.05, 0) is 51.9 Å².